The van der Waals surface area contributed by atoms with Crippen LogP contribution >= 0.6 is 0 Å². The predicted molar refractivity (Wildman–Crippen MR) is 66.0 cm³/mol. The quantitative estimate of drug-likeness (QED) is 0.814. The molecule has 3 nitrogen and oxygen atoms in total. The molecule has 0 aliphatic heterocycles. The molecular weight excluding hydrogens is 200 g/mol. The molecule has 0 aromatic heterocycles. The second kappa shape index (κ2) is 5.66. The summed E-state index contributed by atoms with van der Waals surface area (Å²) in [4.78, 5) is 11.6. The number of nitrogens with two attached hydrogens (primary N) is 1. The summed E-state index contributed by atoms with van der Waals surface area (Å²) in [5.41, 5.74) is 7.96. The van der Waals surface area contributed by atoms with E-state index in [4.69, 9.17) is 5.73 Å². The van der Waals surface area contributed by atoms with Crippen LogP contribution in [-0.2, 0) is 4.79 Å². The van der Waals surface area contributed by atoms with Crippen LogP contribution in [0, 0.1) is 6.92 Å². The number of rotatable bonds is 4. The second-order valence-electron chi connectivity index (χ2n) is 4.16. The van der Waals surface area contributed by atoms with Gasteiger partial charge in [-0.1, -0.05) is 36.8 Å². The Labute approximate surface area is 97.0 Å². The van der Waals surface area contributed by atoms with Crippen LogP contribution in [0.25, 0.3) is 0 Å². The molecular formula is C13H20N2O. The van der Waals surface area contributed by atoms with E-state index in [-0.39, 0.29) is 11.9 Å². The fourth-order valence-corrected chi connectivity index (χ4v) is 1.53. The van der Waals surface area contributed by atoms with Crippen molar-refractivity contribution < 1.29 is 4.79 Å². The van der Waals surface area contributed by atoms with Gasteiger partial charge < -0.3 is 11.1 Å². The fraction of sp³-hybridized carbons (Fsp3) is 0.462. The lowest BCUT2D eigenvalue weighted by molar-refractivity contribution is -0.123. The van der Waals surface area contributed by atoms with Crippen molar-refractivity contribution in [3.05, 3.63) is 35.4 Å². The first-order chi connectivity index (χ1) is 7.54. The molecule has 0 aliphatic carbocycles. The van der Waals surface area contributed by atoms with Crippen LogP contribution in [0.5, 0.6) is 0 Å². The van der Waals surface area contributed by atoms with Crippen LogP contribution in [0.4, 0.5) is 0 Å². The third-order valence-electron chi connectivity index (χ3n) is 2.68. The normalized spacial score (nSPS) is 14.2. The highest BCUT2D eigenvalue weighted by Crippen LogP contribution is 2.13. The predicted octanol–water partition coefficient (Wildman–Crippen LogP) is 1.91. The van der Waals surface area contributed by atoms with Crippen LogP contribution in [0.15, 0.2) is 24.3 Å². The zero-order valence-electron chi connectivity index (χ0n) is 10.2. The molecule has 1 rings (SSSR count). The van der Waals surface area contributed by atoms with E-state index in [0.717, 1.165) is 5.56 Å². The molecule has 3 N–H and O–H groups in total. The van der Waals surface area contributed by atoms with Crippen molar-refractivity contribution in [3.8, 4) is 0 Å². The van der Waals surface area contributed by atoms with Crippen molar-refractivity contribution in [2.75, 3.05) is 0 Å². The summed E-state index contributed by atoms with van der Waals surface area (Å²) >= 11 is 0. The van der Waals surface area contributed by atoms with Crippen LogP contribution in [-0.4, -0.2) is 11.9 Å². The first-order valence-corrected chi connectivity index (χ1v) is 5.67. The minimum Gasteiger partial charge on any atom is -0.348 e. The second-order valence-corrected chi connectivity index (χ2v) is 4.16. The Morgan fingerprint density at radius 1 is 1.50 bits per heavy atom. The van der Waals surface area contributed by atoms with E-state index in [2.05, 4.69) is 11.4 Å². The summed E-state index contributed by atoms with van der Waals surface area (Å²) in [6.07, 6.45) is 0.659. The van der Waals surface area contributed by atoms with Crippen molar-refractivity contribution in [3.63, 3.8) is 0 Å². The smallest absolute Gasteiger partial charge is 0.237 e. The van der Waals surface area contributed by atoms with Gasteiger partial charge in [0.25, 0.3) is 0 Å². The molecule has 0 fully saturated rings. The molecule has 0 spiro atoms. The van der Waals surface area contributed by atoms with Gasteiger partial charge in [-0.2, -0.15) is 0 Å². The Bertz CT molecular complexity index is 363. The van der Waals surface area contributed by atoms with E-state index in [1.165, 1.54) is 5.56 Å². The van der Waals surface area contributed by atoms with Crippen molar-refractivity contribution in [2.45, 2.75) is 39.3 Å². The zero-order chi connectivity index (χ0) is 12.1. The van der Waals surface area contributed by atoms with Gasteiger partial charge in [-0.05, 0) is 25.8 Å². The Balaban J connectivity index is 2.65. The van der Waals surface area contributed by atoms with Crippen molar-refractivity contribution in [1.82, 2.24) is 5.32 Å². The van der Waals surface area contributed by atoms with Crippen molar-refractivity contribution >= 4 is 5.91 Å². The maximum atomic E-state index is 11.6. The summed E-state index contributed by atoms with van der Waals surface area (Å²) in [5.74, 6) is -0.0866. The number of carbonyl (C=O) groups is 1. The van der Waals surface area contributed by atoms with E-state index in [0.29, 0.717) is 6.42 Å². The molecule has 0 heterocycles. The number of carbonyl (C=O) groups excluding carboxylic acids is 1. The fourth-order valence-electron chi connectivity index (χ4n) is 1.53. The number of hydrogen-bond acceptors (Lipinski definition) is 2. The Morgan fingerprint density at radius 3 is 2.75 bits per heavy atom. The van der Waals surface area contributed by atoms with Gasteiger partial charge >= 0.3 is 0 Å². The minimum atomic E-state index is -0.410. The summed E-state index contributed by atoms with van der Waals surface area (Å²) < 4.78 is 0. The molecule has 0 saturated heterocycles. The first kappa shape index (κ1) is 12.7. The highest BCUT2D eigenvalue weighted by molar-refractivity contribution is 5.81. The standard InChI is InChI=1S/C13H20N2O/c1-4-12(14)13(16)15-10(3)11-7-5-6-9(2)8-11/h5-8,10,12H,4,14H2,1-3H3,(H,15,16)/t10-,12-/m1/s1. The molecule has 88 valence electrons. The van der Waals surface area contributed by atoms with E-state index >= 15 is 0 Å². The van der Waals surface area contributed by atoms with Crippen LogP contribution in [0.1, 0.15) is 37.4 Å². The van der Waals surface area contributed by atoms with Gasteiger partial charge in [-0.25, -0.2) is 0 Å². The third kappa shape index (κ3) is 3.35. The Kier molecular flexibility index (Phi) is 4.50. The molecule has 0 saturated carbocycles. The highest BCUT2D eigenvalue weighted by atomic mass is 16.2. The monoisotopic (exact) mass is 220 g/mol. The molecule has 16 heavy (non-hydrogen) atoms. The number of amides is 1. The Hall–Kier alpha value is -1.35. The molecule has 1 aromatic rings. The number of hydrogen-bond donors (Lipinski definition) is 2. The third-order valence-corrected chi connectivity index (χ3v) is 2.68. The number of aryl methyl sites for hydroxylation is 1. The van der Waals surface area contributed by atoms with Gasteiger partial charge in [0, 0.05) is 0 Å². The van der Waals surface area contributed by atoms with Gasteiger partial charge in [0.05, 0.1) is 12.1 Å². The van der Waals surface area contributed by atoms with Gasteiger partial charge in [0.2, 0.25) is 5.91 Å². The molecule has 0 aliphatic rings. The molecule has 1 amide bonds. The highest BCUT2D eigenvalue weighted by Gasteiger charge is 2.14. The van der Waals surface area contributed by atoms with Gasteiger partial charge in [-0.15, -0.1) is 0 Å². The lowest BCUT2D eigenvalue weighted by atomic mass is 10.1. The Morgan fingerprint density at radius 2 is 2.19 bits per heavy atom. The SMILES string of the molecule is CC[C@@H](N)C(=O)N[C@H](C)c1cccc(C)c1. The summed E-state index contributed by atoms with van der Waals surface area (Å²) in [7, 11) is 0. The van der Waals surface area contributed by atoms with Crippen molar-refractivity contribution in [2.24, 2.45) is 5.73 Å². The van der Waals surface area contributed by atoms with E-state index in [1.807, 2.05) is 39.0 Å². The maximum absolute atomic E-state index is 11.6. The molecule has 2 atom stereocenters. The number of nitrogens with one attached hydrogen (secondary N) is 1. The average Bonchev–Trinajstić information content (AvgIpc) is 2.27. The topological polar surface area (TPSA) is 55.1 Å². The molecule has 3 heteroatoms. The van der Waals surface area contributed by atoms with E-state index < -0.39 is 6.04 Å². The van der Waals surface area contributed by atoms with E-state index in [1.54, 1.807) is 0 Å². The lowest BCUT2D eigenvalue weighted by Crippen LogP contribution is -2.41. The van der Waals surface area contributed by atoms with E-state index in [9.17, 15) is 4.79 Å². The van der Waals surface area contributed by atoms with Gasteiger partial charge in [0.1, 0.15) is 0 Å². The van der Waals surface area contributed by atoms with Crippen LogP contribution < -0.4 is 11.1 Å². The molecule has 0 radical (unpaired) electrons. The molecule has 0 unspecified atom stereocenters. The molecule has 1 aromatic carbocycles. The number of benzene rings is 1. The van der Waals surface area contributed by atoms with Crippen LogP contribution in [0.3, 0.4) is 0 Å². The summed E-state index contributed by atoms with van der Waals surface area (Å²) in [6.45, 7) is 5.91. The van der Waals surface area contributed by atoms with Crippen LogP contribution in [0.2, 0.25) is 0 Å². The summed E-state index contributed by atoms with van der Waals surface area (Å²) in [5, 5.41) is 2.91. The lowest BCUT2D eigenvalue weighted by Gasteiger charge is -2.17. The van der Waals surface area contributed by atoms with Gasteiger partial charge in [-0.3, -0.25) is 4.79 Å². The molecule has 0 bridgehead atoms. The minimum absolute atomic E-state index is 0.00463. The average molecular weight is 220 g/mol. The first-order valence-electron chi connectivity index (χ1n) is 5.67. The van der Waals surface area contributed by atoms with Crippen molar-refractivity contribution in [1.29, 1.82) is 0 Å². The summed E-state index contributed by atoms with van der Waals surface area (Å²) in [6, 6.07) is 7.71. The largest absolute Gasteiger partial charge is 0.348 e. The van der Waals surface area contributed by atoms with Gasteiger partial charge in [0.15, 0.2) is 0 Å². The maximum Gasteiger partial charge on any atom is 0.237 e. The zero-order valence-corrected chi connectivity index (χ0v) is 10.2.